The largest absolute Gasteiger partial charge is 0.384 e. The molecule has 0 bridgehead atoms. The fraction of sp³-hybridized carbons (Fsp3) is 0.400. The van der Waals surface area contributed by atoms with Gasteiger partial charge in [-0.3, -0.25) is 4.79 Å². The Labute approximate surface area is 128 Å². The number of carbonyl (C=O) groups is 1. The van der Waals surface area contributed by atoms with Gasteiger partial charge in [0.2, 0.25) is 0 Å². The molecular formula is C15H20N4OS. The molecule has 6 heteroatoms. The molecule has 5 nitrogen and oxygen atoms in total. The Morgan fingerprint density at radius 3 is 2.76 bits per heavy atom. The molecule has 1 amide bonds. The van der Waals surface area contributed by atoms with Gasteiger partial charge in [-0.05, 0) is 12.1 Å². The summed E-state index contributed by atoms with van der Waals surface area (Å²) >= 11 is 1.55. The van der Waals surface area contributed by atoms with Gasteiger partial charge < -0.3 is 11.1 Å². The summed E-state index contributed by atoms with van der Waals surface area (Å²) in [6, 6.07) is 3.40. The maximum absolute atomic E-state index is 12.2. The van der Waals surface area contributed by atoms with Crippen molar-refractivity contribution in [2.24, 2.45) is 0 Å². The van der Waals surface area contributed by atoms with Gasteiger partial charge in [0.15, 0.2) is 0 Å². The van der Waals surface area contributed by atoms with Gasteiger partial charge in [-0.25, -0.2) is 9.97 Å². The molecule has 0 fully saturated rings. The second-order valence-corrected chi connectivity index (χ2v) is 6.62. The van der Waals surface area contributed by atoms with Crippen molar-refractivity contribution in [2.75, 3.05) is 12.3 Å². The lowest BCUT2D eigenvalue weighted by Crippen LogP contribution is -2.27. The molecule has 0 spiro atoms. The first-order chi connectivity index (χ1) is 9.86. The Kier molecular flexibility index (Phi) is 4.57. The minimum absolute atomic E-state index is 0.134. The number of nitrogens with zero attached hydrogens (tertiary/aromatic N) is 2. The van der Waals surface area contributed by atoms with Crippen molar-refractivity contribution in [1.82, 2.24) is 15.3 Å². The molecule has 2 heterocycles. The molecule has 2 rings (SSSR count). The Morgan fingerprint density at radius 2 is 2.14 bits per heavy atom. The van der Waals surface area contributed by atoms with Crippen LogP contribution in [0.25, 0.3) is 0 Å². The summed E-state index contributed by atoms with van der Waals surface area (Å²) in [5.74, 6) is 0.233. The molecule has 0 saturated heterocycles. The summed E-state index contributed by atoms with van der Waals surface area (Å²) in [6.07, 6.45) is 0.724. The van der Waals surface area contributed by atoms with Gasteiger partial charge in [0.05, 0.1) is 11.2 Å². The fourth-order valence-corrected chi connectivity index (χ4v) is 2.43. The van der Waals surface area contributed by atoms with Crippen molar-refractivity contribution < 1.29 is 4.79 Å². The third kappa shape index (κ3) is 4.26. The zero-order chi connectivity index (χ0) is 15.5. The van der Waals surface area contributed by atoms with E-state index in [0.717, 1.165) is 17.8 Å². The highest BCUT2D eigenvalue weighted by molar-refractivity contribution is 7.07. The number of rotatable bonds is 4. The second kappa shape index (κ2) is 6.22. The summed E-state index contributed by atoms with van der Waals surface area (Å²) in [5.41, 5.74) is 9.79. The number of anilines is 1. The molecule has 0 aliphatic rings. The molecule has 21 heavy (non-hydrogen) atoms. The summed E-state index contributed by atoms with van der Waals surface area (Å²) in [7, 11) is 0. The number of pyridine rings is 1. The molecule has 0 aliphatic heterocycles. The number of amides is 1. The molecule has 0 aromatic carbocycles. The SMILES string of the molecule is CC(C)(C)c1cc(C(=O)NCCc2cscn2)cc(N)n1. The van der Waals surface area contributed by atoms with Gasteiger partial charge in [-0.15, -0.1) is 11.3 Å². The van der Waals surface area contributed by atoms with Gasteiger partial charge in [0.1, 0.15) is 5.82 Å². The van der Waals surface area contributed by atoms with E-state index in [2.05, 4.69) is 15.3 Å². The van der Waals surface area contributed by atoms with E-state index in [4.69, 9.17) is 5.73 Å². The number of hydrogen-bond donors (Lipinski definition) is 2. The third-order valence-electron chi connectivity index (χ3n) is 3.03. The minimum atomic E-state index is -0.148. The highest BCUT2D eigenvalue weighted by atomic mass is 32.1. The molecule has 2 aromatic rings. The van der Waals surface area contributed by atoms with E-state index in [9.17, 15) is 4.79 Å². The predicted molar refractivity (Wildman–Crippen MR) is 85.5 cm³/mol. The quantitative estimate of drug-likeness (QED) is 0.909. The lowest BCUT2D eigenvalue weighted by Gasteiger charge is -2.19. The minimum Gasteiger partial charge on any atom is -0.384 e. The van der Waals surface area contributed by atoms with Crippen LogP contribution in [0.4, 0.5) is 5.82 Å². The third-order valence-corrected chi connectivity index (χ3v) is 3.66. The summed E-state index contributed by atoms with van der Waals surface area (Å²) in [5, 5.41) is 4.87. The van der Waals surface area contributed by atoms with Crippen LogP contribution in [0.2, 0.25) is 0 Å². The Hall–Kier alpha value is -1.95. The highest BCUT2D eigenvalue weighted by Crippen LogP contribution is 2.22. The molecule has 3 N–H and O–H groups in total. The van der Waals surface area contributed by atoms with E-state index in [-0.39, 0.29) is 11.3 Å². The standard InChI is InChI=1S/C15H20N4OS/c1-15(2,3)12-6-10(7-13(16)19-12)14(20)17-5-4-11-8-21-9-18-11/h6-9H,4-5H2,1-3H3,(H2,16,19)(H,17,20). The first-order valence-corrected chi connectivity index (χ1v) is 7.74. The second-order valence-electron chi connectivity index (χ2n) is 5.90. The van der Waals surface area contributed by atoms with Crippen LogP contribution >= 0.6 is 11.3 Å². The number of nitrogens with two attached hydrogens (primary N) is 1. The van der Waals surface area contributed by atoms with Crippen LogP contribution in [-0.4, -0.2) is 22.4 Å². The molecule has 112 valence electrons. The van der Waals surface area contributed by atoms with Crippen molar-refractivity contribution in [3.05, 3.63) is 40.0 Å². The molecule has 0 saturated carbocycles. The summed E-state index contributed by atoms with van der Waals surface area (Å²) in [4.78, 5) is 20.7. The van der Waals surface area contributed by atoms with Crippen LogP contribution < -0.4 is 11.1 Å². The molecule has 0 radical (unpaired) electrons. The van der Waals surface area contributed by atoms with Gasteiger partial charge in [-0.2, -0.15) is 0 Å². The lowest BCUT2D eigenvalue weighted by atomic mass is 9.90. The summed E-state index contributed by atoms with van der Waals surface area (Å²) in [6.45, 7) is 6.67. The average molecular weight is 304 g/mol. The van der Waals surface area contributed by atoms with Crippen LogP contribution in [-0.2, 0) is 11.8 Å². The van der Waals surface area contributed by atoms with Gasteiger partial charge in [0, 0.05) is 35.0 Å². The van der Waals surface area contributed by atoms with E-state index in [0.29, 0.717) is 17.9 Å². The number of carbonyl (C=O) groups excluding carboxylic acids is 1. The van der Waals surface area contributed by atoms with Crippen LogP contribution in [0.1, 0.15) is 42.5 Å². The maximum Gasteiger partial charge on any atom is 0.251 e. The van der Waals surface area contributed by atoms with E-state index in [1.54, 1.807) is 29.0 Å². The lowest BCUT2D eigenvalue weighted by molar-refractivity contribution is 0.0954. The predicted octanol–water partition coefficient (Wildman–Crippen LogP) is 2.39. The zero-order valence-corrected chi connectivity index (χ0v) is 13.3. The zero-order valence-electron chi connectivity index (χ0n) is 12.5. The maximum atomic E-state index is 12.2. The molecule has 0 aliphatic carbocycles. The number of hydrogen-bond acceptors (Lipinski definition) is 5. The monoisotopic (exact) mass is 304 g/mol. The highest BCUT2D eigenvalue weighted by Gasteiger charge is 2.18. The van der Waals surface area contributed by atoms with Gasteiger partial charge >= 0.3 is 0 Å². The number of aromatic nitrogens is 2. The fourth-order valence-electron chi connectivity index (χ4n) is 1.83. The number of thiazole rings is 1. The first kappa shape index (κ1) is 15.4. The normalized spacial score (nSPS) is 11.4. The molecular weight excluding hydrogens is 284 g/mol. The number of nitrogen functional groups attached to an aromatic ring is 1. The van der Waals surface area contributed by atoms with Gasteiger partial charge in [-0.1, -0.05) is 20.8 Å². The Morgan fingerprint density at radius 1 is 1.38 bits per heavy atom. The van der Waals surface area contributed by atoms with E-state index < -0.39 is 0 Å². The number of nitrogens with one attached hydrogen (secondary N) is 1. The average Bonchev–Trinajstić information content (AvgIpc) is 2.90. The molecule has 2 aromatic heterocycles. The smallest absolute Gasteiger partial charge is 0.251 e. The molecule has 0 atom stereocenters. The van der Waals surface area contributed by atoms with Gasteiger partial charge in [0.25, 0.3) is 5.91 Å². The molecule has 0 unspecified atom stereocenters. The van der Waals surface area contributed by atoms with Crippen molar-refractivity contribution in [3.8, 4) is 0 Å². The van der Waals surface area contributed by atoms with E-state index in [1.807, 2.05) is 26.2 Å². The van der Waals surface area contributed by atoms with Crippen LogP contribution in [0.15, 0.2) is 23.0 Å². The Balaban J connectivity index is 2.03. The van der Waals surface area contributed by atoms with Crippen LogP contribution in [0.5, 0.6) is 0 Å². The van der Waals surface area contributed by atoms with Crippen LogP contribution in [0, 0.1) is 0 Å². The van der Waals surface area contributed by atoms with E-state index >= 15 is 0 Å². The summed E-state index contributed by atoms with van der Waals surface area (Å²) < 4.78 is 0. The van der Waals surface area contributed by atoms with Crippen molar-refractivity contribution in [3.63, 3.8) is 0 Å². The Bertz CT molecular complexity index is 617. The van der Waals surface area contributed by atoms with Crippen molar-refractivity contribution >= 4 is 23.1 Å². The van der Waals surface area contributed by atoms with Crippen LogP contribution in [0.3, 0.4) is 0 Å². The van der Waals surface area contributed by atoms with Crippen molar-refractivity contribution in [1.29, 1.82) is 0 Å². The van der Waals surface area contributed by atoms with Crippen molar-refractivity contribution in [2.45, 2.75) is 32.6 Å². The first-order valence-electron chi connectivity index (χ1n) is 6.79. The van der Waals surface area contributed by atoms with E-state index in [1.165, 1.54) is 0 Å². The topological polar surface area (TPSA) is 80.9 Å².